The number of aromatic nitrogens is 3. The van der Waals surface area contributed by atoms with Gasteiger partial charge in [0.25, 0.3) is 0 Å². The fourth-order valence-corrected chi connectivity index (χ4v) is 3.49. The Bertz CT molecular complexity index is 388. The number of hydrogen-bond acceptors (Lipinski definition) is 4. The molecule has 1 aromatic rings. The lowest BCUT2D eigenvalue weighted by atomic mass is 9.74. The van der Waals surface area contributed by atoms with Gasteiger partial charge in [-0.3, -0.25) is 9.58 Å². The highest BCUT2D eigenvalue weighted by Crippen LogP contribution is 2.36. The third kappa shape index (κ3) is 2.42. The van der Waals surface area contributed by atoms with Crippen LogP contribution in [0.5, 0.6) is 0 Å². The average Bonchev–Trinajstić information content (AvgIpc) is 2.76. The zero-order valence-corrected chi connectivity index (χ0v) is 11.2. The molecule has 0 bridgehead atoms. The van der Waals surface area contributed by atoms with Gasteiger partial charge in [0.05, 0.1) is 6.54 Å². The summed E-state index contributed by atoms with van der Waals surface area (Å²) >= 11 is 0. The van der Waals surface area contributed by atoms with Crippen molar-refractivity contribution in [3.8, 4) is 0 Å². The lowest BCUT2D eigenvalue weighted by Crippen LogP contribution is -2.50. The van der Waals surface area contributed by atoms with Crippen molar-refractivity contribution >= 4 is 0 Å². The van der Waals surface area contributed by atoms with Crippen molar-refractivity contribution < 1.29 is 0 Å². The average molecular weight is 249 g/mol. The highest BCUT2D eigenvalue weighted by molar-refractivity contribution is 4.93. The van der Waals surface area contributed by atoms with Crippen molar-refractivity contribution in [2.75, 3.05) is 26.2 Å². The first-order valence-electron chi connectivity index (χ1n) is 7.03. The van der Waals surface area contributed by atoms with Crippen molar-refractivity contribution in [2.45, 2.75) is 32.2 Å². The van der Waals surface area contributed by atoms with Crippen molar-refractivity contribution in [3.63, 3.8) is 0 Å². The maximum Gasteiger partial charge on any atom is 0.140 e. The highest BCUT2D eigenvalue weighted by atomic mass is 15.3. The van der Waals surface area contributed by atoms with Crippen LogP contribution in [0.3, 0.4) is 0 Å². The second kappa shape index (κ2) is 4.97. The Kier molecular flexibility index (Phi) is 3.35. The summed E-state index contributed by atoms with van der Waals surface area (Å²) in [5, 5.41) is 7.73. The van der Waals surface area contributed by atoms with Crippen LogP contribution in [0.2, 0.25) is 0 Å². The molecule has 5 heteroatoms. The molecule has 2 saturated heterocycles. The van der Waals surface area contributed by atoms with E-state index in [-0.39, 0.29) is 0 Å². The maximum absolute atomic E-state index is 4.34. The summed E-state index contributed by atoms with van der Waals surface area (Å²) in [7, 11) is 1.98. The first-order valence-corrected chi connectivity index (χ1v) is 7.03. The van der Waals surface area contributed by atoms with Crippen LogP contribution in [-0.4, -0.2) is 45.8 Å². The number of nitrogens with zero attached hydrogens (tertiary/aromatic N) is 4. The largest absolute Gasteiger partial charge is 0.316 e. The van der Waals surface area contributed by atoms with Crippen LogP contribution in [0.4, 0.5) is 0 Å². The van der Waals surface area contributed by atoms with Crippen molar-refractivity contribution in [2.24, 2.45) is 12.5 Å². The van der Waals surface area contributed by atoms with Gasteiger partial charge >= 0.3 is 0 Å². The Labute approximate surface area is 109 Å². The van der Waals surface area contributed by atoms with Crippen LogP contribution in [0.1, 0.15) is 31.5 Å². The van der Waals surface area contributed by atoms with E-state index in [1.165, 1.54) is 51.9 Å². The summed E-state index contributed by atoms with van der Waals surface area (Å²) in [5.41, 5.74) is 0.523. The summed E-state index contributed by atoms with van der Waals surface area (Å²) in [4.78, 5) is 6.89. The van der Waals surface area contributed by atoms with Crippen LogP contribution in [0, 0.1) is 5.41 Å². The van der Waals surface area contributed by atoms with E-state index < -0.39 is 0 Å². The molecular weight excluding hydrogens is 226 g/mol. The standard InChI is InChI=1S/C13H23N5/c1-17-12(15-11-16-17)8-18-7-3-5-13(10-18)4-2-6-14-9-13/h11,14H,2-10H2,1H3. The molecule has 0 aliphatic carbocycles. The molecule has 1 atom stereocenters. The molecule has 1 N–H and O–H groups in total. The molecule has 18 heavy (non-hydrogen) atoms. The smallest absolute Gasteiger partial charge is 0.140 e. The Morgan fingerprint density at radius 1 is 1.39 bits per heavy atom. The molecule has 0 radical (unpaired) electrons. The maximum atomic E-state index is 4.34. The quantitative estimate of drug-likeness (QED) is 0.841. The predicted molar refractivity (Wildman–Crippen MR) is 70.1 cm³/mol. The van der Waals surface area contributed by atoms with E-state index >= 15 is 0 Å². The minimum Gasteiger partial charge on any atom is -0.316 e. The van der Waals surface area contributed by atoms with Gasteiger partial charge < -0.3 is 5.32 Å². The van der Waals surface area contributed by atoms with Crippen LogP contribution in [-0.2, 0) is 13.6 Å². The molecule has 2 aliphatic heterocycles. The van der Waals surface area contributed by atoms with Crippen molar-refractivity contribution in [1.29, 1.82) is 0 Å². The van der Waals surface area contributed by atoms with Gasteiger partial charge in [-0.15, -0.1) is 0 Å². The van der Waals surface area contributed by atoms with Crippen LogP contribution >= 0.6 is 0 Å². The number of piperidine rings is 2. The Hall–Kier alpha value is -0.940. The van der Waals surface area contributed by atoms with Crippen molar-refractivity contribution in [3.05, 3.63) is 12.2 Å². The summed E-state index contributed by atoms with van der Waals surface area (Å²) in [6.45, 7) is 5.76. The van der Waals surface area contributed by atoms with Gasteiger partial charge in [0.2, 0.25) is 0 Å². The first kappa shape index (κ1) is 12.1. The Morgan fingerprint density at radius 2 is 2.28 bits per heavy atom. The summed E-state index contributed by atoms with van der Waals surface area (Å²) < 4.78 is 1.89. The second-order valence-electron chi connectivity index (χ2n) is 5.89. The van der Waals surface area contributed by atoms with E-state index in [0.717, 1.165) is 12.4 Å². The molecule has 3 heterocycles. The van der Waals surface area contributed by atoms with Gasteiger partial charge in [-0.25, -0.2) is 4.98 Å². The number of nitrogens with one attached hydrogen (secondary N) is 1. The normalized spacial score (nSPS) is 29.8. The molecule has 2 aliphatic rings. The topological polar surface area (TPSA) is 46.0 Å². The van der Waals surface area contributed by atoms with E-state index in [9.17, 15) is 0 Å². The molecule has 1 aromatic heterocycles. The molecule has 3 rings (SSSR count). The number of hydrogen-bond donors (Lipinski definition) is 1. The van der Waals surface area contributed by atoms with Crippen LogP contribution in [0.15, 0.2) is 6.33 Å². The molecular formula is C13H23N5. The molecule has 1 spiro atoms. The van der Waals surface area contributed by atoms with Crippen molar-refractivity contribution in [1.82, 2.24) is 25.0 Å². The molecule has 5 nitrogen and oxygen atoms in total. The van der Waals surface area contributed by atoms with Crippen LogP contribution < -0.4 is 5.32 Å². The first-order chi connectivity index (χ1) is 8.77. The van der Waals surface area contributed by atoms with E-state index in [4.69, 9.17) is 0 Å². The number of likely N-dealkylation sites (tertiary alicyclic amines) is 1. The molecule has 0 aromatic carbocycles. The fourth-order valence-electron chi connectivity index (χ4n) is 3.49. The molecule has 100 valence electrons. The highest BCUT2D eigenvalue weighted by Gasteiger charge is 2.36. The van der Waals surface area contributed by atoms with Gasteiger partial charge in [0, 0.05) is 20.1 Å². The minimum absolute atomic E-state index is 0.523. The SMILES string of the molecule is Cn1ncnc1CN1CCCC2(CCCNC2)C1. The monoisotopic (exact) mass is 249 g/mol. The third-order valence-electron chi connectivity index (χ3n) is 4.47. The summed E-state index contributed by atoms with van der Waals surface area (Å²) in [5.74, 6) is 1.08. The van der Waals surface area contributed by atoms with E-state index in [1.54, 1.807) is 6.33 Å². The lowest BCUT2D eigenvalue weighted by molar-refractivity contribution is 0.0579. The van der Waals surface area contributed by atoms with Gasteiger partial charge in [0.15, 0.2) is 0 Å². The van der Waals surface area contributed by atoms with E-state index in [0.29, 0.717) is 5.41 Å². The fraction of sp³-hybridized carbons (Fsp3) is 0.846. The number of rotatable bonds is 2. The zero-order valence-electron chi connectivity index (χ0n) is 11.2. The number of aryl methyl sites for hydroxylation is 1. The van der Waals surface area contributed by atoms with E-state index in [1.807, 2.05) is 11.7 Å². The Balaban J connectivity index is 1.65. The van der Waals surface area contributed by atoms with Gasteiger partial charge in [-0.1, -0.05) is 0 Å². The molecule has 1 unspecified atom stereocenters. The van der Waals surface area contributed by atoms with E-state index in [2.05, 4.69) is 20.3 Å². The Morgan fingerprint density at radius 3 is 3.00 bits per heavy atom. The molecule has 0 saturated carbocycles. The zero-order chi connectivity index (χ0) is 12.4. The summed E-state index contributed by atoms with van der Waals surface area (Å²) in [6, 6.07) is 0. The minimum atomic E-state index is 0.523. The van der Waals surface area contributed by atoms with Gasteiger partial charge in [-0.2, -0.15) is 5.10 Å². The predicted octanol–water partition coefficient (Wildman–Crippen LogP) is 0.781. The second-order valence-corrected chi connectivity index (χ2v) is 5.89. The third-order valence-corrected chi connectivity index (χ3v) is 4.47. The molecule has 2 fully saturated rings. The van der Waals surface area contributed by atoms with Crippen LogP contribution in [0.25, 0.3) is 0 Å². The molecule has 0 amide bonds. The van der Waals surface area contributed by atoms with Gasteiger partial charge in [0.1, 0.15) is 12.2 Å². The van der Waals surface area contributed by atoms with Gasteiger partial charge in [-0.05, 0) is 44.2 Å². The lowest BCUT2D eigenvalue weighted by Gasteiger charge is -2.45. The summed E-state index contributed by atoms with van der Waals surface area (Å²) in [6.07, 6.45) is 7.07.